The minimum atomic E-state index is 0.203. The van der Waals surface area contributed by atoms with Crippen molar-refractivity contribution in [1.82, 2.24) is 5.32 Å². The van der Waals surface area contributed by atoms with Gasteiger partial charge in [-0.2, -0.15) is 0 Å². The van der Waals surface area contributed by atoms with Gasteiger partial charge < -0.3 is 5.32 Å². The van der Waals surface area contributed by atoms with Crippen LogP contribution in [-0.2, 0) is 0 Å². The Bertz CT molecular complexity index is 343. The summed E-state index contributed by atoms with van der Waals surface area (Å²) < 4.78 is 0. The molecule has 94 valence electrons. The lowest BCUT2D eigenvalue weighted by molar-refractivity contribution is 0.503. The molecule has 3 heteroatoms. The lowest BCUT2D eigenvalue weighted by Gasteiger charge is -2.20. The molecule has 1 atom stereocenters. The molecular weight excluding hydrogens is 253 g/mol. The molecule has 0 fully saturated rings. The molecular formula is C14H19Cl2N. The Hall–Kier alpha value is -0.500. The molecule has 0 saturated heterocycles. The van der Waals surface area contributed by atoms with Crippen LogP contribution in [0, 0.1) is 0 Å². The molecule has 1 aromatic rings. The molecule has 1 unspecified atom stereocenters. The van der Waals surface area contributed by atoms with Gasteiger partial charge in [0.1, 0.15) is 0 Å². The molecule has 1 N–H and O–H groups in total. The van der Waals surface area contributed by atoms with Crippen molar-refractivity contribution in [2.24, 2.45) is 0 Å². The summed E-state index contributed by atoms with van der Waals surface area (Å²) in [5.41, 5.74) is 1.01. The summed E-state index contributed by atoms with van der Waals surface area (Å²) in [6.45, 7) is 6.86. The zero-order chi connectivity index (χ0) is 12.7. The Morgan fingerprint density at radius 3 is 2.53 bits per heavy atom. The maximum Gasteiger partial charge on any atom is 0.0468 e. The number of nitrogens with one attached hydrogen (secondary N) is 1. The summed E-state index contributed by atoms with van der Waals surface area (Å²) in [5, 5.41) is 4.95. The quantitative estimate of drug-likeness (QED) is 0.689. The zero-order valence-electron chi connectivity index (χ0n) is 10.2. The van der Waals surface area contributed by atoms with Crippen molar-refractivity contribution >= 4 is 23.2 Å². The normalized spacial score (nSPS) is 12.4. The lowest BCUT2D eigenvalue weighted by Crippen LogP contribution is -2.22. The van der Waals surface area contributed by atoms with Crippen molar-refractivity contribution in [3.8, 4) is 0 Å². The van der Waals surface area contributed by atoms with Crippen LogP contribution in [0.15, 0.2) is 30.9 Å². The van der Waals surface area contributed by atoms with Crippen LogP contribution in [0.2, 0.25) is 10.0 Å². The topological polar surface area (TPSA) is 12.0 Å². The molecule has 17 heavy (non-hydrogen) atoms. The van der Waals surface area contributed by atoms with E-state index in [0.717, 1.165) is 41.4 Å². The van der Waals surface area contributed by atoms with E-state index in [9.17, 15) is 0 Å². The Balaban J connectivity index is 2.90. The van der Waals surface area contributed by atoms with Crippen LogP contribution in [0.1, 0.15) is 37.8 Å². The Labute approximate surface area is 114 Å². The van der Waals surface area contributed by atoms with Gasteiger partial charge in [0.2, 0.25) is 0 Å². The van der Waals surface area contributed by atoms with Gasteiger partial charge >= 0.3 is 0 Å². The van der Waals surface area contributed by atoms with Crippen molar-refractivity contribution < 1.29 is 0 Å². The second-order valence-corrected chi connectivity index (χ2v) is 4.82. The molecule has 1 aromatic carbocycles. The van der Waals surface area contributed by atoms with Gasteiger partial charge in [-0.3, -0.25) is 0 Å². The molecule has 1 rings (SSSR count). The summed E-state index contributed by atoms with van der Waals surface area (Å²) >= 11 is 12.5. The molecule has 0 amide bonds. The SMILES string of the molecule is C=CCCC(NCCC)c1c(Cl)cccc1Cl. The Morgan fingerprint density at radius 2 is 2.00 bits per heavy atom. The van der Waals surface area contributed by atoms with E-state index >= 15 is 0 Å². The number of allylic oxidation sites excluding steroid dienone is 1. The number of hydrogen-bond acceptors (Lipinski definition) is 1. The predicted molar refractivity (Wildman–Crippen MR) is 76.9 cm³/mol. The van der Waals surface area contributed by atoms with Crippen molar-refractivity contribution in [1.29, 1.82) is 0 Å². The molecule has 0 aliphatic rings. The maximum atomic E-state index is 6.23. The first kappa shape index (κ1) is 14.6. The van der Waals surface area contributed by atoms with Crippen LogP contribution in [0.25, 0.3) is 0 Å². The summed E-state index contributed by atoms with van der Waals surface area (Å²) in [5.74, 6) is 0. The summed E-state index contributed by atoms with van der Waals surface area (Å²) in [6, 6.07) is 5.85. The summed E-state index contributed by atoms with van der Waals surface area (Å²) in [7, 11) is 0. The molecule has 0 spiro atoms. The molecule has 0 radical (unpaired) electrons. The molecule has 0 bridgehead atoms. The molecule has 0 aliphatic carbocycles. The highest BCUT2D eigenvalue weighted by Gasteiger charge is 2.16. The van der Waals surface area contributed by atoms with Crippen molar-refractivity contribution in [2.75, 3.05) is 6.54 Å². The number of halogens is 2. The minimum absolute atomic E-state index is 0.203. The highest BCUT2D eigenvalue weighted by molar-refractivity contribution is 6.36. The van der Waals surface area contributed by atoms with Gasteiger partial charge in [-0.1, -0.05) is 42.3 Å². The predicted octanol–water partition coefficient (Wildman–Crippen LogP) is 5.00. The largest absolute Gasteiger partial charge is 0.310 e. The highest BCUT2D eigenvalue weighted by atomic mass is 35.5. The average Bonchev–Trinajstić information content (AvgIpc) is 2.31. The van der Waals surface area contributed by atoms with Gasteiger partial charge in [0, 0.05) is 21.7 Å². The fourth-order valence-electron chi connectivity index (χ4n) is 1.80. The first-order chi connectivity index (χ1) is 8.20. The highest BCUT2D eigenvalue weighted by Crippen LogP contribution is 2.32. The fraction of sp³-hybridized carbons (Fsp3) is 0.429. The van der Waals surface area contributed by atoms with E-state index in [4.69, 9.17) is 23.2 Å². The standard InChI is InChI=1S/C14H19Cl2N/c1-3-5-9-13(17-10-4-2)14-11(15)7-6-8-12(14)16/h3,6-8,13,17H,1,4-5,9-10H2,2H3. The van der Waals surface area contributed by atoms with Gasteiger partial charge in [-0.15, -0.1) is 6.58 Å². The van der Waals surface area contributed by atoms with Crippen LogP contribution in [0.5, 0.6) is 0 Å². The third-order valence-corrected chi connectivity index (χ3v) is 3.31. The molecule has 0 aliphatic heterocycles. The van der Waals surface area contributed by atoms with E-state index in [-0.39, 0.29) is 6.04 Å². The fourth-order valence-corrected chi connectivity index (χ4v) is 2.46. The van der Waals surface area contributed by atoms with E-state index in [1.54, 1.807) is 0 Å². The Morgan fingerprint density at radius 1 is 1.35 bits per heavy atom. The second kappa shape index (κ2) is 7.75. The molecule has 0 saturated carbocycles. The van der Waals surface area contributed by atoms with Crippen LogP contribution in [0.3, 0.4) is 0 Å². The number of hydrogen-bond donors (Lipinski definition) is 1. The van der Waals surface area contributed by atoms with E-state index in [0.29, 0.717) is 0 Å². The molecule has 1 nitrogen and oxygen atoms in total. The Kier molecular flexibility index (Phi) is 6.64. The van der Waals surface area contributed by atoms with Crippen LogP contribution < -0.4 is 5.32 Å². The first-order valence-electron chi connectivity index (χ1n) is 5.98. The summed E-state index contributed by atoms with van der Waals surface area (Å²) in [6.07, 6.45) is 4.92. The van der Waals surface area contributed by atoms with Gasteiger partial charge in [0.05, 0.1) is 0 Å². The number of rotatable bonds is 7. The summed E-state index contributed by atoms with van der Waals surface area (Å²) in [4.78, 5) is 0. The second-order valence-electron chi connectivity index (χ2n) is 4.01. The monoisotopic (exact) mass is 271 g/mol. The van der Waals surface area contributed by atoms with Gasteiger partial charge in [0.15, 0.2) is 0 Å². The zero-order valence-corrected chi connectivity index (χ0v) is 11.7. The van der Waals surface area contributed by atoms with Crippen molar-refractivity contribution in [3.05, 3.63) is 46.5 Å². The van der Waals surface area contributed by atoms with Crippen LogP contribution in [0.4, 0.5) is 0 Å². The van der Waals surface area contributed by atoms with Crippen LogP contribution >= 0.6 is 23.2 Å². The van der Waals surface area contributed by atoms with Gasteiger partial charge in [-0.05, 0) is 37.9 Å². The van der Waals surface area contributed by atoms with Gasteiger partial charge in [-0.25, -0.2) is 0 Å². The third-order valence-electron chi connectivity index (χ3n) is 2.65. The van der Waals surface area contributed by atoms with E-state index in [2.05, 4.69) is 18.8 Å². The lowest BCUT2D eigenvalue weighted by atomic mass is 10.0. The van der Waals surface area contributed by atoms with Crippen LogP contribution in [-0.4, -0.2) is 6.54 Å². The first-order valence-corrected chi connectivity index (χ1v) is 6.74. The minimum Gasteiger partial charge on any atom is -0.310 e. The maximum absolute atomic E-state index is 6.23. The van der Waals surface area contributed by atoms with Gasteiger partial charge in [0.25, 0.3) is 0 Å². The number of benzene rings is 1. The van der Waals surface area contributed by atoms with Crippen molar-refractivity contribution in [3.63, 3.8) is 0 Å². The van der Waals surface area contributed by atoms with E-state index < -0.39 is 0 Å². The smallest absolute Gasteiger partial charge is 0.0468 e. The third kappa shape index (κ3) is 4.34. The average molecular weight is 272 g/mol. The van der Waals surface area contributed by atoms with Crippen molar-refractivity contribution in [2.45, 2.75) is 32.2 Å². The van der Waals surface area contributed by atoms with E-state index in [1.807, 2.05) is 24.3 Å². The molecule has 0 heterocycles. The van der Waals surface area contributed by atoms with E-state index in [1.165, 1.54) is 0 Å². The molecule has 0 aromatic heterocycles.